The molecule has 0 N–H and O–H groups in total. The van der Waals surface area contributed by atoms with Gasteiger partial charge in [0.2, 0.25) is 0 Å². The largest absolute Gasteiger partial charge is 0.493 e. The Balaban J connectivity index is 2.38. The molecule has 0 saturated heterocycles. The Morgan fingerprint density at radius 3 is 2.21 bits per heavy atom. The molecule has 1 fully saturated rings. The van der Waals surface area contributed by atoms with Gasteiger partial charge in [0.05, 0.1) is 14.2 Å². The molecule has 2 rings (SSSR count). The molecule has 1 aromatic carbocycles. The molecule has 0 aromatic heterocycles. The average molecular weight is 348 g/mol. The fourth-order valence-corrected chi connectivity index (χ4v) is 4.11. The molecule has 0 heterocycles. The SMILES string of the molecule is COc1cc(Cl)c(C(Br)C2(C)CCCC2)cc1OC. The molecule has 0 amide bonds. The summed E-state index contributed by atoms with van der Waals surface area (Å²) in [7, 11) is 3.27. The summed E-state index contributed by atoms with van der Waals surface area (Å²) in [5, 5.41) is 0.729. The van der Waals surface area contributed by atoms with Crippen LogP contribution >= 0.6 is 27.5 Å². The van der Waals surface area contributed by atoms with Crippen molar-refractivity contribution in [1.29, 1.82) is 0 Å². The van der Waals surface area contributed by atoms with Gasteiger partial charge in [-0.05, 0) is 29.9 Å². The van der Waals surface area contributed by atoms with E-state index in [0.29, 0.717) is 5.75 Å². The van der Waals surface area contributed by atoms with Gasteiger partial charge < -0.3 is 9.47 Å². The molecule has 0 aliphatic heterocycles. The van der Waals surface area contributed by atoms with E-state index >= 15 is 0 Å². The topological polar surface area (TPSA) is 18.5 Å². The molecule has 1 unspecified atom stereocenters. The van der Waals surface area contributed by atoms with Gasteiger partial charge in [-0.3, -0.25) is 0 Å². The van der Waals surface area contributed by atoms with Gasteiger partial charge in [0.25, 0.3) is 0 Å². The Morgan fingerprint density at radius 2 is 1.68 bits per heavy atom. The zero-order chi connectivity index (χ0) is 14.0. The lowest BCUT2D eigenvalue weighted by molar-refractivity contribution is 0.328. The predicted octanol–water partition coefficient (Wildman–Crippen LogP) is 5.37. The first-order chi connectivity index (χ1) is 9.01. The smallest absolute Gasteiger partial charge is 0.162 e. The second-order valence-electron chi connectivity index (χ2n) is 5.45. The lowest BCUT2D eigenvalue weighted by Crippen LogP contribution is -2.18. The van der Waals surface area contributed by atoms with Crippen molar-refractivity contribution < 1.29 is 9.47 Å². The van der Waals surface area contributed by atoms with E-state index in [-0.39, 0.29) is 10.2 Å². The van der Waals surface area contributed by atoms with Crippen molar-refractivity contribution in [1.82, 2.24) is 0 Å². The molecule has 1 aliphatic carbocycles. The zero-order valence-corrected chi connectivity index (χ0v) is 14.0. The third-order valence-electron chi connectivity index (χ3n) is 4.13. The summed E-state index contributed by atoms with van der Waals surface area (Å²) in [4.78, 5) is 0.245. The van der Waals surface area contributed by atoms with E-state index in [2.05, 4.69) is 22.9 Å². The third-order valence-corrected chi connectivity index (χ3v) is 6.06. The number of ether oxygens (including phenoxy) is 2. The molecular weight excluding hydrogens is 328 g/mol. The molecule has 0 spiro atoms. The minimum absolute atomic E-state index is 0.245. The highest BCUT2D eigenvalue weighted by atomic mass is 79.9. The molecule has 19 heavy (non-hydrogen) atoms. The maximum absolute atomic E-state index is 6.41. The van der Waals surface area contributed by atoms with Crippen LogP contribution in [0.3, 0.4) is 0 Å². The molecule has 2 nitrogen and oxygen atoms in total. The first-order valence-corrected chi connectivity index (χ1v) is 7.86. The van der Waals surface area contributed by atoms with Gasteiger partial charge in [-0.2, -0.15) is 0 Å². The average Bonchev–Trinajstić information content (AvgIpc) is 2.85. The van der Waals surface area contributed by atoms with Gasteiger partial charge in [0.15, 0.2) is 11.5 Å². The summed E-state index contributed by atoms with van der Waals surface area (Å²) < 4.78 is 10.7. The highest BCUT2D eigenvalue weighted by molar-refractivity contribution is 9.09. The number of hydrogen-bond acceptors (Lipinski definition) is 2. The first-order valence-electron chi connectivity index (χ1n) is 6.57. The Labute approximate surface area is 128 Å². The van der Waals surface area contributed by atoms with Crippen LogP contribution in [-0.2, 0) is 0 Å². The minimum atomic E-state index is 0.245. The van der Waals surface area contributed by atoms with Crippen LogP contribution in [0.4, 0.5) is 0 Å². The Hall–Kier alpha value is -0.410. The maximum atomic E-state index is 6.41. The van der Waals surface area contributed by atoms with E-state index in [4.69, 9.17) is 21.1 Å². The number of methoxy groups -OCH3 is 2. The maximum Gasteiger partial charge on any atom is 0.162 e. The van der Waals surface area contributed by atoms with E-state index in [1.54, 1.807) is 14.2 Å². The Kier molecular flexibility index (Phi) is 4.67. The van der Waals surface area contributed by atoms with Crippen molar-refractivity contribution in [3.63, 3.8) is 0 Å². The fourth-order valence-electron chi connectivity index (χ4n) is 2.88. The number of alkyl halides is 1. The highest BCUT2D eigenvalue weighted by Crippen LogP contribution is 2.53. The summed E-state index contributed by atoms with van der Waals surface area (Å²) in [5.41, 5.74) is 1.35. The van der Waals surface area contributed by atoms with Crippen molar-refractivity contribution in [3.8, 4) is 11.5 Å². The monoisotopic (exact) mass is 346 g/mol. The van der Waals surface area contributed by atoms with Crippen LogP contribution in [0.5, 0.6) is 11.5 Å². The molecule has 4 heteroatoms. The van der Waals surface area contributed by atoms with E-state index in [9.17, 15) is 0 Å². The van der Waals surface area contributed by atoms with Crippen LogP contribution in [0.1, 0.15) is 43.0 Å². The molecule has 1 saturated carbocycles. The summed E-state index contributed by atoms with van der Waals surface area (Å²) >= 11 is 10.3. The van der Waals surface area contributed by atoms with Crippen LogP contribution in [0.25, 0.3) is 0 Å². The molecule has 1 aromatic rings. The van der Waals surface area contributed by atoms with Gasteiger partial charge in [0, 0.05) is 15.9 Å². The third kappa shape index (κ3) is 2.87. The summed E-state index contributed by atoms with van der Waals surface area (Å²) in [6.07, 6.45) is 5.05. The number of halogens is 2. The van der Waals surface area contributed by atoms with Crippen molar-refractivity contribution in [2.75, 3.05) is 14.2 Å². The molecule has 0 radical (unpaired) electrons. The van der Waals surface area contributed by atoms with Gasteiger partial charge in [-0.1, -0.05) is 47.3 Å². The number of rotatable bonds is 4. The van der Waals surface area contributed by atoms with E-state index in [1.165, 1.54) is 25.7 Å². The highest BCUT2D eigenvalue weighted by Gasteiger charge is 2.37. The lowest BCUT2D eigenvalue weighted by atomic mass is 9.82. The number of benzene rings is 1. The summed E-state index contributed by atoms with van der Waals surface area (Å²) in [6, 6.07) is 3.83. The number of hydrogen-bond donors (Lipinski definition) is 0. The van der Waals surface area contributed by atoms with Crippen molar-refractivity contribution in [2.45, 2.75) is 37.4 Å². The Bertz CT molecular complexity index is 456. The molecule has 1 aliphatic rings. The standard InChI is InChI=1S/C15H20BrClO2/c1-15(6-4-5-7-15)14(16)10-8-12(18-2)13(19-3)9-11(10)17/h8-9,14H,4-7H2,1-3H3. The van der Waals surface area contributed by atoms with Crippen molar-refractivity contribution in [3.05, 3.63) is 22.7 Å². The molecule has 0 bridgehead atoms. The lowest BCUT2D eigenvalue weighted by Gasteiger charge is -2.31. The van der Waals surface area contributed by atoms with Crippen molar-refractivity contribution in [2.24, 2.45) is 5.41 Å². The first kappa shape index (κ1) is 15.0. The second kappa shape index (κ2) is 5.92. The minimum Gasteiger partial charge on any atom is -0.493 e. The molecular formula is C15H20BrClO2. The van der Waals surface area contributed by atoms with Gasteiger partial charge in [-0.15, -0.1) is 0 Å². The summed E-state index contributed by atoms with van der Waals surface area (Å²) in [5.74, 6) is 1.40. The predicted molar refractivity (Wildman–Crippen MR) is 82.8 cm³/mol. The van der Waals surface area contributed by atoms with Crippen LogP contribution < -0.4 is 9.47 Å². The normalized spacial score (nSPS) is 19.2. The van der Waals surface area contributed by atoms with Gasteiger partial charge >= 0.3 is 0 Å². The van der Waals surface area contributed by atoms with E-state index in [1.807, 2.05) is 12.1 Å². The van der Waals surface area contributed by atoms with Crippen LogP contribution in [0.2, 0.25) is 5.02 Å². The van der Waals surface area contributed by atoms with Gasteiger partial charge in [0.1, 0.15) is 0 Å². The zero-order valence-electron chi connectivity index (χ0n) is 11.6. The quantitative estimate of drug-likeness (QED) is 0.681. The van der Waals surface area contributed by atoms with E-state index < -0.39 is 0 Å². The van der Waals surface area contributed by atoms with Crippen LogP contribution in [0.15, 0.2) is 12.1 Å². The second-order valence-corrected chi connectivity index (χ2v) is 6.78. The van der Waals surface area contributed by atoms with E-state index in [0.717, 1.165) is 16.3 Å². The van der Waals surface area contributed by atoms with Crippen molar-refractivity contribution >= 4 is 27.5 Å². The van der Waals surface area contributed by atoms with Crippen LogP contribution in [0, 0.1) is 5.41 Å². The Morgan fingerprint density at radius 1 is 1.16 bits per heavy atom. The van der Waals surface area contributed by atoms with Gasteiger partial charge in [-0.25, -0.2) is 0 Å². The van der Waals surface area contributed by atoms with Crippen LogP contribution in [-0.4, -0.2) is 14.2 Å². The fraction of sp³-hybridized carbons (Fsp3) is 0.600. The molecule has 1 atom stereocenters. The summed E-state index contributed by atoms with van der Waals surface area (Å²) in [6.45, 7) is 2.33. The molecule has 106 valence electrons.